The van der Waals surface area contributed by atoms with Gasteiger partial charge < -0.3 is 24.4 Å². The van der Waals surface area contributed by atoms with Crippen LogP contribution in [0, 0.1) is 5.41 Å². The molecule has 0 radical (unpaired) electrons. The zero-order valence-electron chi connectivity index (χ0n) is 19.6. The molecule has 1 saturated carbocycles. The van der Waals surface area contributed by atoms with Crippen LogP contribution >= 0.6 is 0 Å². The van der Waals surface area contributed by atoms with Crippen molar-refractivity contribution in [3.05, 3.63) is 59.2 Å². The van der Waals surface area contributed by atoms with E-state index in [0.29, 0.717) is 37.6 Å². The molecule has 0 bridgehead atoms. The van der Waals surface area contributed by atoms with Crippen LogP contribution in [0.1, 0.15) is 48.7 Å². The fourth-order valence-electron chi connectivity index (χ4n) is 5.31. The first kappa shape index (κ1) is 21.6. The molecule has 0 unspecified atom stereocenters. The summed E-state index contributed by atoms with van der Waals surface area (Å²) in [5, 5.41) is 2.84. The van der Waals surface area contributed by atoms with E-state index in [0.717, 1.165) is 17.7 Å². The predicted octanol–water partition coefficient (Wildman–Crippen LogP) is 3.90. The molecular formula is C26H30N2O5. The third kappa shape index (κ3) is 3.69. The van der Waals surface area contributed by atoms with Gasteiger partial charge in [0.05, 0.1) is 13.7 Å². The number of benzene rings is 2. The summed E-state index contributed by atoms with van der Waals surface area (Å²) in [6.07, 6.45) is 0.632. The molecule has 2 fully saturated rings. The lowest BCUT2D eigenvalue weighted by molar-refractivity contribution is 0.0252. The van der Waals surface area contributed by atoms with E-state index in [-0.39, 0.29) is 22.8 Å². The number of nitrogens with zero attached hydrogens (tertiary/aromatic N) is 1. The van der Waals surface area contributed by atoms with Crippen molar-refractivity contribution in [3.63, 3.8) is 0 Å². The molecule has 174 valence electrons. The van der Waals surface area contributed by atoms with Crippen LogP contribution in [-0.2, 0) is 16.7 Å². The maximum absolute atomic E-state index is 12.9. The molecule has 1 aliphatic carbocycles. The first-order valence-corrected chi connectivity index (χ1v) is 11.3. The topological polar surface area (TPSA) is 77.1 Å². The van der Waals surface area contributed by atoms with Crippen LogP contribution in [0.4, 0.5) is 4.79 Å². The molecule has 7 heteroatoms. The quantitative estimate of drug-likeness (QED) is 0.748. The highest BCUT2D eigenvalue weighted by Crippen LogP contribution is 2.69. The van der Waals surface area contributed by atoms with Crippen molar-refractivity contribution in [1.82, 2.24) is 10.2 Å². The molecule has 5 rings (SSSR count). The standard InChI is InChI=1S/C26H30N2O5/c1-24(2,3)33-23(30)28-14-25(13-26(25,15-28)18-6-9-19(31-4)10-7-18)16-32-20-8-5-17-12-27-22(29)21(17)11-20/h5-11H,12-16H2,1-4H3,(H,27,29)/t25-,26+/m1/s1. The van der Waals surface area contributed by atoms with Gasteiger partial charge in [-0.15, -0.1) is 0 Å². The summed E-state index contributed by atoms with van der Waals surface area (Å²) in [6, 6.07) is 13.7. The third-order valence-electron chi connectivity index (χ3n) is 7.06. The van der Waals surface area contributed by atoms with Crippen LogP contribution < -0.4 is 14.8 Å². The van der Waals surface area contributed by atoms with Gasteiger partial charge in [-0.3, -0.25) is 4.79 Å². The minimum absolute atomic E-state index is 0.0652. The van der Waals surface area contributed by atoms with E-state index in [1.165, 1.54) is 5.56 Å². The highest BCUT2D eigenvalue weighted by molar-refractivity contribution is 5.98. The summed E-state index contributed by atoms with van der Waals surface area (Å²) < 4.78 is 17.2. The molecular weight excluding hydrogens is 420 g/mol. The maximum Gasteiger partial charge on any atom is 0.410 e. The van der Waals surface area contributed by atoms with Crippen molar-refractivity contribution in [3.8, 4) is 11.5 Å². The Hall–Kier alpha value is -3.22. The Bertz CT molecular complexity index is 1110. The number of carbonyl (C=O) groups is 2. The lowest BCUT2D eigenvalue weighted by Crippen LogP contribution is -2.38. The Morgan fingerprint density at radius 1 is 1.09 bits per heavy atom. The van der Waals surface area contributed by atoms with Crippen molar-refractivity contribution in [2.24, 2.45) is 5.41 Å². The number of nitrogens with one attached hydrogen (secondary N) is 1. The zero-order chi connectivity index (χ0) is 23.4. The maximum atomic E-state index is 12.9. The second kappa shape index (κ2) is 7.40. The Kier molecular flexibility index (Phi) is 4.85. The molecule has 33 heavy (non-hydrogen) atoms. The lowest BCUT2D eigenvalue weighted by atomic mass is 9.89. The number of amides is 2. The van der Waals surface area contributed by atoms with E-state index < -0.39 is 5.60 Å². The van der Waals surface area contributed by atoms with Gasteiger partial charge in [-0.25, -0.2) is 4.79 Å². The minimum atomic E-state index is -0.550. The average Bonchev–Trinajstić information content (AvgIpc) is 3.06. The van der Waals surface area contributed by atoms with Gasteiger partial charge in [0.2, 0.25) is 0 Å². The number of likely N-dealkylation sites (tertiary alicyclic amines) is 1. The Balaban J connectivity index is 1.39. The summed E-state index contributed by atoms with van der Waals surface area (Å²) in [7, 11) is 1.65. The molecule has 0 spiro atoms. The van der Waals surface area contributed by atoms with Crippen molar-refractivity contribution in [2.45, 2.75) is 44.8 Å². The van der Waals surface area contributed by atoms with E-state index in [2.05, 4.69) is 17.4 Å². The Labute approximate surface area is 194 Å². The highest BCUT2D eigenvalue weighted by Gasteiger charge is 2.74. The van der Waals surface area contributed by atoms with E-state index in [1.54, 1.807) is 12.0 Å². The first-order valence-electron chi connectivity index (χ1n) is 11.3. The molecule has 7 nitrogen and oxygen atoms in total. The highest BCUT2D eigenvalue weighted by atomic mass is 16.6. The second-order valence-corrected chi connectivity index (χ2v) is 10.4. The molecule has 2 aromatic carbocycles. The van der Waals surface area contributed by atoms with Gasteiger partial charge in [0.15, 0.2) is 0 Å². The number of methoxy groups -OCH3 is 1. The van der Waals surface area contributed by atoms with Crippen molar-refractivity contribution >= 4 is 12.0 Å². The van der Waals surface area contributed by atoms with Crippen molar-refractivity contribution in [2.75, 3.05) is 26.8 Å². The number of ether oxygens (including phenoxy) is 3. The first-order chi connectivity index (χ1) is 15.6. The molecule has 2 heterocycles. The third-order valence-corrected chi connectivity index (χ3v) is 7.06. The van der Waals surface area contributed by atoms with Crippen LogP contribution in [-0.4, -0.2) is 49.3 Å². The van der Waals surface area contributed by atoms with Crippen LogP contribution in [0.2, 0.25) is 0 Å². The van der Waals surface area contributed by atoms with Gasteiger partial charge in [-0.2, -0.15) is 0 Å². The normalized spacial score (nSPS) is 25.2. The lowest BCUT2D eigenvalue weighted by Gasteiger charge is -2.26. The van der Waals surface area contributed by atoms with Crippen LogP contribution in [0.5, 0.6) is 11.5 Å². The van der Waals surface area contributed by atoms with E-state index in [9.17, 15) is 9.59 Å². The fraction of sp³-hybridized carbons (Fsp3) is 0.462. The molecule has 2 aliphatic heterocycles. The monoisotopic (exact) mass is 450 g/mol. The largest absolute Gasteiger partial charge is 0.497 e. The number of piperidine rings is 1. The van der Waals surface area contributed by atoms with Crippen LogP contribution in [0.25, 0.3) is 0 Å². The minimum Gasteiger partial charge on any atom is -0.497 e. The summed E-state index contributed by atoms with van der Waals surface area (Å²) in [5.74, 6) is 1.41. The summed E-state index contributed by atoms with van der Waals surface area (Å²) in [6.45, 7) is 7.81. The summed E-state index contributed by atoms with van der Waals surface area (Å²) in [4.78, 5) is 26.7. The van der Waals surface area contributed by atoms with Crippen LogP contribution in [0.3, 0.4) is 0 Å². The molecule has 2 atom stereocenters. The number of rotatable bonds is 5. The average molecular weight is 451 g/mol. The number of hydrogen-bond acceptors (Lipinski definition) is 5. The fourth-order valence-corrected chi connectivity index (χ4v) is 5.31. The van der Waals surface area contributed by atoms with E-state index in [4.69, 9.17) is 14.2 Å². The van der Waals surface area contributed by atoms with Gasteiger partial charge in [0.1, 0.15) is 17.1 Å². The SMILES string of the molecule is COc1ccc([C@]23CN(C(=O)OC(C)(C)C)C[C@@]2(COc2ccc4c(c2)C(=O)NC4)C3)cc1. The van der Waals surface area contributed by atoms with Gasteiger partial charge in [0.25, 0.3) is 5.91 Å². The Morgan fingerprint density at radius 2 is 1.82 bits per heavy atom. The summed E-state index contributed by atoms with van der Waals surface area (Å²) in [5.41, 5.74) is 1.88. The molecule has 2 amide bonds. The predicted molar refractivity (Wildman–Crippen MR) is 123 cm³/mol. The van der Waals surface area contributed by atoms with Gasteiger partial charge in [0, 0.05) is 36.0 Å². The van der Waals surface area contributed by atoms with Gasteiger partial charge in [-0.1, -0.05) is 18.2 Å². The second-order valence-electron chi connectivity index (χ2n) is 10.4. The van der Waals surface area contributed by atoms with E-state index in [1.807, 2.05) is 51.1 Å². The molecule has 2 aromatic rings. The number of hydrogen-bond donors (Lipinski definition) is 1. The number of carbonyl (C=O) groups excluding carboxylic acids is 2. The Morgan fingerprint density at radius 3 is 2.52 bits per heavy atom. The van der Waals surface area contributed by atoms with E-state index >= 15 is 0 Å². The molecule has 0 aromatic heterocycles. The zero-order valence-corrected chi connectivity index (χ0v) is 19.6. The molecule has 3 aliphatic rings. The van der Waals surface area contributed by atoms with Gasteiger partial charge >= 0.3 is 6.09 Å². The van der Waals surface area contributed by atoms with Crippen molar-refractivity contribution in [1.29, 1.82) is 0 Å². The van der Waals surface area contributed by atoms with Crippen molar-refractivity contribution < 1.29 is 23.8 Å². The smallest absolute Gasteiger partial charge is 0.410 e. The van der Waals surface area contributed by atoms with Gasteiger partial charge in [-0.05, 0) is 62.6 Å². The van der Waals surface area contributed by atoms with Crippen LogP contribution in [0.15, 0.2) is 42.5 Å². The molecule has 1 saturated heterocycles. The summed E-state index contributed by atoms with van der Waals surface area (Å²) >= 11 is 0. The number of fused-ring (bicyclic) bond motifs is 2. The molecule has 1 N–H and O–H groups in total.